The summed E-state index contributed by atoms with van der Waals surface area (Å²) >= 11 is 0. The molecule has 104 valence electrons. The van der Waals surface area contributed by atoms with Crippen molar-refractivity contribution in [1.29, 1.82) is 5.26 Å². The Balaban J connectivity index is 2.30. The number of nitrogens with one attached hydrogen (secondary N) is 1. The second-order valence-electron chi connectivity index (χ2n) is 4.61. The monoisotopic (exact) mass is 276 g/mol. The van der Waals surface area contributed by atoms with E-state index in [-0.39, 0.29) is 23.7 Å². The van der Waals surface area contributed by atoms with E-state index in [1.54, 1.807) is 6.07 Å². The van der Waals surface area contributed by atoms with Crippen LogP contribution in [0, 0.1) is 27.4 Å². The number of aliphatic carboxylic acids is 1. The summed E-state index contributed by atoms with van der Waals surface area (Å²) in [6.07, 6.45) is 2.92. The third-order valence-electron chi connectivity index (χ3n) is 3.13. The molecule has 0 radical (unpaired) electrons. The number of anilines is 1. The molecule has 0 amide bonds. The first-order valence-corrected chi connectivity index (χ1v) is 6.04. The normalized spacial score (nSPS) is 15.2. The van der Waals surface area contributed by atoms with E-state index in [1.807, 2.05) is 0 Å². The summed E-state index contributed by atoms with van der Waals surface area (Å²) in [4.78, 5) is 25.1. The molecule has 1 aromatic heterocycles. The second-order valence-corrected chi connectivity index (χ2v) is 4.61. The number of carboxylic acids is 1. The third kappa shape index (κ3) is 3.00. The molecule has 8 nitrogen and oxygen atoms in total. The van der Waals surface area contributed by atoms with Gasteiger partial charge < -0.3 is 10.4 Å². The van der Waals surface area contributed by atoms with E-state index in [0.717, 1.165) is 12.8 Å². The summed E-state index contributed by atoms with van der Waals surface area (Å²) in [5, 5.41) is 31.6. The average molecular weight is 276 g/mol. The predicted octanol–water partition coefficient (Wildman–Crippen LogP) is 1.53. The Labute approximate surface area is 114 Å². The van der Waals surface area contributed by atoms with Gasteiger partial charge in [0.1, 0.15) is 11.6 Å². The first-order valence-electron chi connectivity index (χ1n) is 6.04. The fourth-order valence-corrected chi connectivity index (χ4v) is 2.03. The largest absolute Gasteiger partial charge is 0.481 e. The van der Waals surface area contributed by atoms with Gasteiger partial charge in [0.25, 0.3) is 0 Å². The van der Waals surface area contributed by atoms with Gasteiger partial charge in [-0.15, -0.1) is 0 Å². The molecule has 1 fully saturated rings. The fraction of sp³-hybridized carbons (Fsp3) is 0.417. The second kappa shape index (κ2) is 5.52. The molecule has 1 heterocycles. The molecule has 2 rings (SSSR count). The summed E-state index contributed by atoms with van der Waals surface area (Å²) in [5.74, 6) is -0.848. The highest BCUT2D eigenvalue weighted by atomic mass is 16.6. The molecule has 1 atom stereocenters. The lowest BCUT2D eigenvalue weighted by atomic mass is 10.1. The van der Waals surface area contributed by atoms with Crippen molar-refractivity contribution in [2.45, 2.75) is 25.3 Å². The van der Waals surface area contributed by atoms with Crippen molar-refractivity contribution in [2.24, 2.45) is 5.92 Å². The van der Waals surface area contributed by atoms with Gasteiger partial charge in [0.15, 0.2) is 0 Å². The van der Waals surface area contributed by atoms with Crippen LogP contribution in [0.25, 0.3) is 0 Å². The maximum absolute atomic E-state index is 11.0. The number of hydrogen-bond donors (Lipinski definition) is 2. The highest BCUT2D eigenvalue weighted by Gasteiger charge is 2.34. The Bertz CT molecular complexity index is 592. The van der Waals surface area contributed by atoms with Gasteiger partial charge in [0.05, 0.1) is 11.3 Å². The SMILES string of the molecule is N#Cc1ccnc(NC(CC(=O)O)C2CC2)c1[N+](=O)[O-]. The molecule has 0 spiro atoms. The number of carboxylic acid groups (broad SMARTS) is 1. The number of pyridine rings is 1. The van der Waals surface area contributed by atoms with Crippen molar-refractivity contribution < 1.29 is 14.8 Å². The summed E-state index contributed by atoms with van der Waals surface area (Å²) in [6, 6.07) is 2.59. The molecule has 1 unspecified atom stereocenters. The Hall–Kier alpha value is -2.69. The third-order valence-corrected chi connectivity index (χ3v) is 3.13. The number of nitro groups is 1. The van der Waals surface area contributed by atoms with Crippen molar-refractivity contribution >= 4 is 17.5 Å². The van der Waals surface area contributed by atoms with E-state index in [9.17, 15) is 14.9 Å². The topological polar surface area (TPSA) is 129 Å². The van der Waals surface area contributed by atoms with Crippen LogP contribution in [0.15, 0.2) is 12.3 Å². The first-order chi connectivity index (χ1) is 9.52. The smallest absolute Gasteiger partial charge is 0.328 e. The Morgan fingerprint density at radius 2 is 2.40 bits per heavy atom. The van der Waals surface area contributed by atoms with Crippen molar-refractivity contribution in [3.05, 3.63) is 27.9 Å². The van der Waals surface area contributed by atoms with Crippen LogP contribution in [0.4, 0.5) is 11.5 Å². The van der Waals surface area contributed by atoms with Crippen LogP contribution in [0.1, 0.15) is 24.8 Å². The predicted molar refractivity (Wildman–Crippen MR) is 68.0 cm³/mol. The Kier molecular flexibility index (Phi) is 3.79. The minimum absolute atomic E-state index is 0.0489. The van der Waals surface area contributed by atoms with Crippen LogP contribution in [0.2, 0.25) is 0 Å². The Morgan fingerprint density at radius 1 is 1.70 bits per heavy atom. The van der Waals surface area contributed by atoms with Crippen LogP contribution in [-0.4, -0.2) is 27.0 Å². The number of hydrogen-bond acceptors (Lipinski definition) is 6. The van der Waals surface area contributed by atoms with Crippen molar-refractivity contribution in [3.8, 4) is 6.07 Å². The van der Waals surface area contributed by atoms with Gasteiger partial charge in [-0.1, -0.05) is 0 Å². The molecule has 0 aliphatic heterocycles. The van der Waals surface area contributed by atoms with Crippen LogP contribution < -0.4 is 5.32 Å². The van der Waals surface area contributed by atoms with E-state index >= 15 is 0 Å². The van der Waals surface area contributed by atoms with Gasteiger partial charge >= 0.3 is 11.7 Å². The molecule has 1 aromatic rings. The summed E-state index contributed by atoms with van der Waals surface area (Å²) in [6.45, 7) is 0. The van der Waals surface area contributed by atoms with Crippen molar-refractivity contribution in [1.82, 2.24) is 4.98 Å². The highest BCUT2D eigenvalue weighted by Crippen LogP contribution is 2.37. The maximum atomic E-state index is 11.0. The number of rotatable bonds is 6. The molecular weight excluding hydrogens is 264 g/mol. The molecule has 0 bridgehead atoms. The van der Waals surface area contributed by atoms with E-state index in [4.69, 9.17) is 10.4 Å². The lowest BCUT2D eigenvalue weighted by molar-refractivity contribution is -0.384. The van der Waals surface area contributed by atoms with Crippen LogP contribution in [0.5, 0.6) is 0 Å². The van der Waals surface area contributed by atoms with Gasteiger partial charge in [0.2, 0.25) is 5.82 Å². The van der Waals surface area contributed by atoms with Crippen LogP contribution in [-0.2, 0) is 4.79 Å². The zero-order chi connectivity index (χ0) is 14.7. The fourth-order valence-electron chi connectivity index (χ4n) is 2.03. The Morgan fingerprint density at radius 3 is 2.90 bits per heavy atom. The van der Waals surface area contributed by atoms with Crippen molar-refractivity contribution in [3.63, 3.8) is 0 Å². The first kappa shape index (κ1) is 13.7. The van der Waals surface area contributed by atoms with Gasteiger partial charge in [-0.25, -0.2) is 4.98 Å². The minimum Gasteiger partial charge on any atom is -0.481 e. The number of nitrogens with zero attached hydrogens (tertiary/aromatic N) is 3. The molecule has 0 aromatic carbocycles. The standard InChI is InChI=1S/C12H12N4O4/c13-6-8-3-4-14-12(11(8)16(19)20)15-9(5-10(17)18)7-1-2-7/h3-4,7,9H,1-2,5H2,(H,14,15)(H,17,18). The molecule has 1 aliphatic carbocycles. The molecule has 1 saturated carbocycles. The van der Waals surface area contributed by atoms with Crippen molar-refractivity contribution in [2.75, 3.05) is 5.32 Å². The van der Waals surface area contributed by atoms with Gasteiger partial charge in [-0.05, 0) is 24.8 Å². The quantitative estimate of drug-likeness (QED) is 0.595. The van der Waals surface area contributed by atoms with E-state index in [1.165, 1.54) is 12.3 Å². The van der Waals surface area contributed by atoms with E-state index < -0.39 is 22.6 Å². The molecule has 8 heteroatoms. The number of carbonyl (C=O) groups is 1. The molecule has 20 heavy (non-hydrogen) atoms. The summed E-state index contributed by atoms with van der Waals surface area (Å²) < 4.78 is 0. The zero-order valence-corrected chi connectivity index (χ0v) is 10.4. The molecule has 1 aliphatic rings. The average Bonchev–Trinajstić information content (AvgIpc) is 3.21. The summed E-state index contributed by atoms with van der Waals surface area (Å²) in [5.41, 5.74) is -0.511. The lowest BCUT2D eigenvalue weighted by Crippen LogP contribution is -2.26. The minimum atomic E-state index is -0.978. The van der Waals surface area contributed by atoms with Gasteiger partial charge in [0, 0.05) is 12.2 Å². The highest BCUT2D eigenvalue weighted by molar-refractivity contribution is 5.70. The van der Waals surface area contributed by atoms with Gasteiger partial charge in [-0.3, -0.25) is 14.9 Å². The zero-order valence-electron chi connectivity index (χ0n) is 10.4. The van der Waals surface area contributed by atoms with Gasteiger partial charge in [-0.2, -0.15) is 5.26 Å². The van der Waals surface area contributed by atoms with Crippen LogP contribution >= 0.6 is 0 Å². The molecule has 0 saturated heterocycles. The van der Waals surface area contributed by atoms with E-state index in [0.29, 0.717) is 0 Å². The molecule has 2 N–H and O–H groups in total. The molecular formula is C12H12N4O4. The maximum Gasteiger partial charge on any atom is 0.328 e. The summed E-state index contributed by atoms with van der Waals surface area (Å²) in [7, 11) is 0. The number of nitriles is 1. The number of aromatic nitrogens is 1. The van der Waals surface area contributed by atoms with Crippen LogP contribution in [0.3, 0.4) is 0 Å². The lowest BCUT2D eigenvalue weighted by Gasteiger charge is -2.16. The van der Waals surface area contributed by atoms with E-state index in [2.05, 4.69) is 10.3 Å².